The number of para-hydroxylation sites is 1. The molecule has 10 heteroatoms. The summed E-state index contributed by atoms with van der Waals surface area (Å²) in [6.07, 6.45) is 1.07. The molecule has 0 aliphatic carbocycles. The van der Waals surface area contributed by atoms with E-state index in [2.05, 4.69) is 15.5 Å². The van der Waals surface area contributed by atoms with E-state index in [-0.39, 0.29) is 5.13 Å². The first-order valence-corrected chi connectivity index (χ1v) is 11.3. The third-order valence-electron chi connectivity index (χ3n) is 4.09. The Morgan fingerprint density at radius 1 is 1.10 bits per heavy atom. The lowest BCUT2D eigenvalue weighted by atomic mass is 10.2. The van der Waals surface area contributed by atoms with Crippen LogP contribution < -0.4 is 14.4 Å². The molecule has 1 atom stereocenters. The maximum atomic E-state index is 12.7. The average Bonchev–Trinajstić information content (AvgIpc) is 3.16. The Morgan fingerprint density at radius 2 is 1.76 bits per heavy atom. The number of hydrogen-bond acceptors (Lipinski definition) is 7. The number of anilines is 2. The number of carbonyl (C=O) groups excluding carboxylic acids is 1. The molecule has 3 aromatic rings. The Bertz CT molecular complexity index is 1080. The second kappa shape index (κ2) is 8.58. The van der Waals surface area contributed by atoms with Crippen LogP contribution >= 0.6 is 11.3 Å². The fourth-order valence-corrected chi connectivity index (χ4v) is 4.64. The van der Waals surface area contributed by atoms with Gasteiger partial charge < -0.3 is 4.74 Å². The van der Waals surface area contributed by atoms with Gasteiger partial charge in [0, 0.05) is 5.56 Å². The van der Waals surface area contributed by atoms with Gasteiger partial charge in [-0.15, -0.1) is 10.2 Å². The molecule has 0 saturated heterocycles. The van der Waals surface area contributed by atoms with Crippen molar-refractivity contribution >= 4 is 38.1 Å². The average molecular weight is 433 g/mol. The number of aromatic nitrogens is 2. The minimum Gasteiger partial charge on any atom is -0.497 e. The predicted molar refractivity (Wildman–Crippen MR) is 114 cm³/mol. The number of ether oxygens (including phenoxy) is 1. The van der Waals surface area contributed by atoms with Gasteiger partial charge in [0.05, 0.1) is 19.1 Å². The largest absolute Gasteiger partial charge is 0.497 e. The number of nitrogens with zero attached hydrogens (tertiary/aromatic N) is 3. The highest BCUT2D eigenvalue weighted by Gasteiger charge is 2.29. The van der Waals surface area contributed by atoms with E-state index in [0.717, 1.165) is 21.9 Å². The fraction of sp³-hybridized carbons (Fsp3) is 0.211. The molecule has 0 aliphatic rings. The summed E-state index contributed by atoms with van der Waals surface area (Å²) in [7, 11) is -2.08. The highest BCUT2D eigenvalue weighted by Crippen LogP contribution is 2.28. The first-order chi connectivity index (χ1) is 13.8. The maximum absolute atomic E-state index is 12.7. The number of carbonyl (C=O) groups is 1. The Hall–Kier alpha value is -2.98. The molecule has 0 aliphatic heterocycles. The lowest BCUT2D eigenvalue weighted by Crippen LogP contribution is -2.45. The van der Waals surface area contributed by atoms with Crippen LogP contribution in [0, 0.1) is 0 Å². The molecule has 0 radical (unpaired) electrons. The zero-order chi connectivity index (χ0) is 21.0. The van der Waals surface area contributed by atoms with Crippen LogP contribution in [0.25, 0.3) is 10.6 Å². The molecule has 1 aromatic heterocycles. The van der Waals surface area contributed by atoms with Gasteiger partial charge in [0.2, 0.25) is 21.1 Å². The minimum atomic E-state index is -3.67. The van der Waals surface area contributed by atoms with Crippen LogP contribution in [0.1, 0.15) is 6.92 Å². The molecule has 1 N–H and O–H groups in total. The number of amides is 1. The molecule has 3 rings (SSSR count). The normalized spacial score (nSPS) is 12.2. The van der Waals surface area contributed by atoms with Gasteiger partial charge in [-0.05, 0) is 43.3 Å². The van der Waals surface area contributed by atoms with Gasteiger partial charge in [0.1, 0.15) is 16.8 Å². The number of rotatable bonds is 7. The van der Waals surface area contributed by atoms with Gasteiger partial charge in [-0.2, -0.15) is 0 Å². The summed E-state index contributed by atoms with van der Waals surface area (Å²) in [5.74, 6) is 0.221. The zero-order valence-corrected chi connectivity index (χ0v) is 17.7. The van der Waals surface area contributed by atoms with Crippen molar-refractivity contribution in [2.75, 3.05) is 23.0 Å². The van der Waals surface area contributed by atoms with Gasteiger partial charge in [0.15, 0.2) is 0 Å². The molecule has 0 bridgehead atoms. The molecule has 0 fully saturated rings. The van der Waals surface area contributed by atoms with Crippen LogP contribution in [0.2, 0.25) is 0 Å². The highest BCUT2D eigenvalue weighted by molar-refractivity contribution is 7.92. The van der Waals surface area contributed by atoms with Crippen LogP contribution in [-0.2, 0) is 14.8 Å². The number of methoxy groups -OCH3 is 1. The Labute approximate surface area is 173 Å². The van der Waals surface area contributed by atoms with Gasteiger partial charge in [-0.25, -0.2) is 8.42 Å². The Kier molecular flexibility index (Phi) is 6.14. The molecule has 2 aromatic carbocycles. The second-order valence-electron chi connectivity index (χ2n) is 6.20. The number of nitrogens with one attached hydrogen (secondary N) is 1. The summed E-state index contributed by atoms with van der Waals surface area (Å²) in [5.41, 5.74) is 1.24. The van der Waals surface area contributed by atoms with E-state index in [1.165, 1.54) is 18.3 Å². The van der Waals surface area contributed by atoms with Crippen LogP contribution in [0.4, 0.5) is 10.8 Å². The molecule has 1 heterocycles. The van der Waals surface area contributed by atoms with Crippen LogP contribution in [-0.4, -0.2) is 43.9 Å². The van der Waals surface area contributed by atoms with E-state index in [0.29, 0.717) is 10.7 Å². The van der Waals surface area contributed by atoms with Crippen molar-refractivity contribution in [1.82, 2.24) is 10.2 Å². The number of hydrogen-bond donors (Lipinski definition) is 1. The molecular formula is C19H20N4O4S2. The van der Waals surface area contributed by atoms with Crippen molar-refractivity contribution in [3.63, 3.8) is 0 Å². The SMILES string of the molecule is COc1ccc(-c2nnc(NC(=O)C(C)N(c3ccccc3)S(C)(=O)=O)s2)cc1. The molecule has 0 spiro atoms. The third-order valence-corrected chi connectivity index (χ3v) is 6.22. The number of sulfonamides is 1. The summed E-state index contributed by atoms with van der Waals surface area (Å²) in [5, 5.41) is 11.6. The van der Waals surface area contributed by atoms with Crippen molar-refractivity contribution in [3.05, 3.63) is 54.6 Å². The standard InChI is InChI=1S/C19H20N4O4S2/c1-13(23(29(3,25)26)15-7-5-4-6-8-15)17(24)20-19-22-21-18(28-19)14-9-11-16(27-2)12-10-14/h4-13H,1-3H3,(H,20,22,24). The molecule has 152 valence electrons. The first-order valence-electron chi connectivity index (χ1n) is 8.63. The van der Waals surface area contributed by atoms with E-state index >= 15 is 0 Å². The van der Waals surface area contributed by atoms with Crippen molar-refractivity contribution in [1.29, 1.82) is 0 Å². The van der Waals surface area contributed by atoms with Crippen molar-refractivity contribution < 1.29 is 17.9 Å². The summed E-state index contributed by atoms with van der Waals surface area (Å²) in [4.78, 5) is 12.7. The quantitative estimate of drug-likeness (QED) is 0.616. The van der Waals surface area contributed by atoms with Crippen molar-refractivity contribution in [3.8, 4) is 16.3 Å². The van der Waals surface area contributed by atoms with E-state index in [9.17, 15) is 13.2 Å². The summed E-state index contributed by atoms with van der Waals surface area (Å²) in [6.45, 7) is 1.52. The number of benzene rings is 2. The van der Waals surface area contributed by atoms with Gasteiger partial charge >= 0.3 is 0 Å². The topological polar surface area (TPSA) is 101 Å². The summed E-state index contributed by atoms with van der Waals surface area (Å²) < 4.78 is 30.8. The monoisotopic (exact) mass is 432 g/mol. The third kappa shape index (κ3) is 4.90. The molecule has 1 amide bonds. The van der Waals surface area contributed by atoms with E-state index < -0.39 is 22.0 Å². The Morgan fingerprint density at radius 3 is 2.34 bits per heavy atom. The van der Waals surface area contributed by atoms with E-state index in [1.54, 1.807) is 49.6 Å². The van der Waals surface area contributed by atoms with Gasteiger partial charge in [-0.1, -0.05) is 29.5 Å². The minimum absolute atomic E-state index is 0.286. The van der Waals surface area contributed by atoms with Crippen LogP contribution in [0.15, 0.2) is 54.6 Å². The van der Waals surface area contributed by atoms with Gasteiger partial charge in [0.25, 0.3) is 0 Å². The highest BCUT2D eigenvalue weighted by atomic mass is 32.2. The van der Waals surface area contributed by atoms with E-state index in [4.69, 9.17) is 4.74 Å². The molecule has 0 saturated carbocycles. The maximum Gasteiger partial charge on any atom is 0.249 e. The lowest BCUT2D eigenvalue weighted by Gasteiger charge is -2.27. The second-order valence-corrected chi connectivity index (χ2v) is 9.04. The molecule has 29 heavy (non-hydrogen) atoms. The van der Waals surface area contributed by atoms with Gasteiger partial charge in [-0.3, -0.25) is 14.4 Å². The summed E-state index contributed by atoms with van der Waals surface area (Å²) >= 11 is 1.20. The fourth-order valence-electron chi connectivity index (χ4n) is 2.72. The molecular weight excluding hydrogens is 412 g/mol. The Balaban J connectivity index is 1.77. The van der Waals surface area contributed by atoms with Crippen LogP contribution in [0.3, 0.4) is 0 Å². The lowest BCUT2D eigenvalue weighted by molar-refractivity contribution is -0.116. The summed E-state index contributed by atoms with van der Waals surface area (Å²) in [6, 6.07) is 14.8. The molecule has 8 nitrogen and oxygen atoms in total. The van der Waals surface area contributed by atoms with Crippen molar-refractivity contribution in [2.45, 2.75) is 13.0 Å². The molecule has 1 unspecified atom stereocenters. The first kappa shape index (κ1) is 20.7. The van der Waals surface area contributed by atoms with Crippen molar-refractivity contribution in [2.24, 2.45) is 0 Å². The zero-order valence-electron chi connectivity index (χ0n) is 16.1. The van der Waals surface area contributed by atoms with Crippen LogP contribution in [0.5, 0.6) is 5.75 Å². The smallest absolute Gasteiger partial charge is 0.249 e. The predicted octanol–water partition coefficient (Wildman–Crippen LogP) is 3.01. The van der Waals surface area contributed by atoms with E-state index in [1.807, 2.05) is 12.1 Å².